The maximum atomic E-state index is 6.02. The van der Waals surface area contributed by atoms with Gasteiger partial charge in [0.05, 0.1) is 6.54 Å². The number of fused-ring (bicyclic) bond motifs is 2. The molecule has 1 aliphatic rings. The topological polar surface area (TPSA) is 21.3 Å². The molecule has 4 heteroatoms. The highest BCUT2D eigenvalue weighted by Gasteiger charge is 2.22. The van der Waals surface area contributed by atoms with Gasteiger partial charge in [-0.2, -0.15) is 0 Å². The third-order valence-corrected chi connectivity index (χ3v) is 4.88. The zero-order valence-electron chi connectivity index (χ0n) is 11.3. The lowest BCUT2D eigenvalue weighted by Crippen LogP contribution is -2.23. The minimum Gasteiger partial charge on any atom is -0.488 e. The molecule has 4 rings (SSSR count). The lowest BCUT2D eigenvalue weighted by Gasteiger charge is -2.13. The van der Waals surface area contributed by atoms with Gasteiger partial charge < -0.3 is 10.1 Å². The first kappa shape index (κ1) is 13.0. The van der Waals surface area contributed by atoms with E-state index in [2.05, 4.69) is 35.0 Å². The summed E-state index contributed by atoms with van der Waals surface area (Å²) in [7, 11) is 0. The second-order valence-corrected chi connectivity index (χ2v) is 6.63. The fourth-order valence-corrected chi connectivity index (χ4v) is 3.68. The molecular formula is C17H14ClNOS. The Balaban J connectivity index is 1.43. The van der Waals surface area contributed by atoms with Crippen molar-refractivity contribution in [2.45, 2.75) is 12.5 Å². The van der Waals surface area contributed by atoms with Gasteiger partial charge in [0.15, 0.2) is 0 Å². The minimum absolute atomic E-state index is 0.164. The molecule has 106 valence electrons. The maximum Gasteiger partial charge on any atom is 0.123 e. The zero-order valence-corrected chi connectivity index (χ0v) is 12.9. The molecule has 2 heterocycles. The van der Waals surface area contributed by atoms with Gasteiger partial charge in [0.1, 0.15) is 11.9 Å². The fourth-order valence-electron chi connectivity index (χ4n) is 2.71. The predicted octanol–water partition coefficient (Wildman–Crippen LogP) is 4.97. The average Bonchev–Trinajstić information content (AvgIpc) is 3.09. The van der Waals surface area contributed by atoms with Gasteiger partial charge in [-0.05, 0) is 58.8 Å². The fraction of sp³-hybridized carbons (Fsp3) is 0.176. The van der Waals surface area contributed by atoms with Crippen LogP contribution in [-0.2, 0) is 6.42 Å². The highest BCUT2D eigenvalue weighted by Crippen LogP contribution is 2.31. The molecule has 0 radical (unpaired) electrons. The molecule has 2 nitrogen and oxygen atoms in total. The van der Waals surface area contributed by atoms with Crippen molar-refractivity contribution >= 4 is 38.7 Å². The number of benzene rings is 2. The summed E-state index contributed by atoms with van der Waals surface area (Å²) in [6.07, 6.45) is 1.07. The molecule has 0 bridgehead atoms. The highest BCUT2D eigenvalue weighted by atomic mass is 35.5. The van der Waals surface area contributed by atoms with E-state index < -0.39 is 0 Å². The Kier molecular flexibility index (Phi) is 3.24. The number of ether oxygens (including phenoxy) is 1. The summed E-state index contributed by atoms with van der Waals surface area (Å²) >= 11 is 7.79. The first-order chi connectivity index (χ1) is 10.3. The largest absolute Gasteiger partial charge is 0.488 e. The second-order valence-electron chi connectivity index (χ2n) is 5.25. The third kappa shape index (κ3) is 2.59. The summed E-state index contributed by atoms with van der Waals surface area (Å²) in [5.41, 5.74) is 2.33. The molecule has 2 aromatic carbocycles. The van der Waals surface area contributed by atoms with Gasteiger partial charge in [-0.3, -0.25) is 0 Å². The number of anilines is 1. The lowest BCUT2D eigenvalue weighted by atomic mass is 10.1. The number of rotatable bonds is 3. The lowest BCUT2D eigenvalue weighted by molar-refractivity contribution is 0.246. The van der Waals surface area contributed by atoms with Crippen molar-refractivity contribution in [2.75, 3.05) is 11.9 Å². The van der Waals surface area contributed by atoms with Gasteiger partial charge in [-0.1, -0.05) is 11.6 Å². The van der Waals surface area contributed by atoms with E-state index in [-0.39, 0.29) is 6.10 Å². The standard InChI is InChI=1S/C17H14ClNOS/c18-13-1-3-16-12(7-13)9-15(20-16)10-19-14-2-4-17-11(8-14)5-6-21-17/h1-8,15,19H,9-10H2. The van der Waals surface area contributed by atoms with Crippen molar-refractivity contribution in [3.8, 4) is 5.75 Å². The summed E-state index contributed by atoms with van der Waals surface area (Å²) < 4.78 is 7.26. The number of hydrogen-bond acceptors (Lipinski definition) is 3. The normalized spacial score (nSPS) is 16.7. The number of hydrogen-bond donors (Lipinski definition) is 1. The molecule has 0 spiro atoms. The molecule has 1 N–H and O–H groups in total. The van der Waals surface area contributed by atoms with E-state index in [0.717, 1.165) is 29.4 Å². The first-order valence-corrected chi connectivity index (χ1v) is 8.20. The zero-order chi connectivity index (χ0) is 14.2. The summed E-state index contributed by atoms with van der Waals surface area (Å²) in [5.74, 6) is 0.958. The van der Waals surface area contributed by atoms with E-state index in [4.69, 9.17) is 16.3 Å². The van der Waals surface area contributed by atoms with Gasteiger partial charge in [0.25, 0.3) is 0 Å². The van der Waals surface area contributed by atoms with E-state index in [1.54, 1.807) is 11.3 Å². The van der Waals surface area contributed by atoms with Crippen LogP contribution in [0.15, 0.2) is 47.8 Å². The van der Waals surface area contributed by atoms with Crippen LogP contribution < -0.4 is 10.1 Å². The third-order valence-electron chi connectivity index (χ3n) is 3.75. The summed E-state index contributed by atoms with van der Waals surface area (Å²) in [5, 5.41) is 7.64. The molecule has 1 aromatic heterocycles. The Morgan fingerprint density at radius 3 is 3.10 bits per heavy atom. The van der Waals surface area contributed by atoms with Crippen molar-refractivity contribution in [1.82, 2.24) is 0 Å². The molecule has 21 heavy (non-hydrogen) atoms. The van der Waals surface area contributed by atoms with Crippen LogP contribution in [0, 0.1) is 0 Å². The molecule has 0 saturated heterocycles. The molecular weight excluding hydrogens is 302 g/mol. The Morgan fingerprint density at radius 2 is 2.14 bits per heavy atom. The smallest absolute Gasteiger partial charge is 0.123 e. The van der Waals surface area contributed by atoms with Crippen LogP contribution in [0.3, 0.4) is 0 Å². The maximum absolute atomic E-state index is 6.02. The van der Waals surface area contributed by atoms with Crippen molar-refractivity contribution < 1.29 is 4.74 Å². The van der Waals surface area contributed by atoms with E-state index in [0.29, 0.717) is 0 Å². The molecule has 0 fully saturated rings. The van der Waals surface area contributed by atoms with E-state index >= 15 is 0 Å². The monoisotopic (exact) mass is 315 g/mol. The number of thiophene rings is 1. The van der Waals surface area contributed by atoms with E-state index in [9.17, 15) is 0 Å². The first-order valence-electron chi connectivity index (χ1n) is 6.94. The van der Waals surface area contributed by atoms with Crippen molar-refractivity contribution in [1.29, 1.82) is 0 Å². The van der Waals surface area contributed by atoms with Crippen LogP contribution in [0.25, 0.3) is 10.1 Å². The minimum atomic E-state index is 0.164. The Labute approximate surface area is 132 Å². The van der Waals surface area contributed by atoms with Crippen LogP contribution in [0.1, 0.15) is 5.56 Å². The number of nitrogens with one attached hydrogen (secondary N) is 1. The number of halogens is 1. The molecule has 1 unspecified atom stereocenters. The Morgan fingerprint density at radius 1 is 1.19 bits per heavy atom. The van der Waals surface area contributed by atoms with Gasteiger partial charge in [-0.25, -0.2) is 0 Å². The SMILES string of the molecule is Clc1ccc2c(c1)CC(CNc1ccc3sccc3c1)O2. The molecule has 0 saturated carbocycles. The Hall–Kier alpha value is -1.71. The summed E-state index contributed by atoms with van der Waals surface area (Å²) in [4.78, 5) is 0. The van der Waals surface area contributed by atoms with Crippen LogP contribution >= 0.6 is 22.9 Å². The molecule has 1 atom stereocenters. The molecule has 1 aliphatic heterocycles. The average molecular weight is 316 g/mol. The quantitative estimate of drug-likeness (QED) is 0.736. The molecule has 3 aromatic rings. The predicted molar refractivity (Wildman–Crippen MR) is 89.9 cm³/mol. The van der Waals surface area contributed by atoms with Crippen molar-refractivity contribution in [3.05, 3.63) is 58.4 Å². The van der Waals surface area contributed by atoms with Gasteiger partial charge >= 0.3 is 0 Å². The van der Waals surface area contributed by atoms with E-state index in [1.807, 2.05) is 18.2 Å². The molecule has 0 aliphatic carbocycles. The van der Waals surface area contributed by atoms with Crippen LogP contribution in [0.4, 0.5) is 5.69 Å². The Bertz CT molecular complexity index is 798. The van der Waals surface area contributed by atoms with Crippen LogP contribution in [0.5, 0.6) is 5.75 Å². The van der Waals surface area contributed by atoms with Gasteiger partial charge in [0.2, 0.25) is 0 Å². The highest BCUT2D eigenvalue weighted by molar-refractivity contribution is 7.17. The van der Waals surface area contributed by atoms with Gasteiger partial charge in [-0.15, -0.1) is 11.3 Å². The van der Waals surface area contributed by atoms with Crippen molar-refractivity contribution in [3.63, 3.8) is 0 Å². The summed E-state index contributed by atoms with van der Waals surface area (Å²) in [6, 6.07) is 14.4. The summed E-state index contributed by atoms with van der Waals surface area (Å²) in [6.45, 7) is 0.794. The van der Waals surface area contributed by atoms with Crippen LogP contribution in [0.2, 0.25) is 5.02 Å². The van der Waals surface area contributed by atoms with Crippen LogP contribution in [-0.4, -0.2) is 12.6 Å². The molecule has 0 amide bonds. The van der Waals surface area contributed by atoms with Crippen molar-refractivity contribution in [2.24, 2.45) is 0 Å². The van der Waals surface area contributed by atoms with E-state index in [1.165, 1.54) is 15.6 Å². The van der Waals surface area contributed by atoms with Gasteiger partial charge in [0, 0.05) is 21.8 Å². The second kappa shape index (κ2) is 5.24.